The van der Waals surface area contributed by atoms with Gasteiger partial charge in [0, 0.05) is 18.9 Å². The lowest BCUT2D eigenvalue weighted by atomic mass is 10.2. The molecule has 0 saturated carbocycles. The van der Waals surface area contributed by atoms with Crippen molar-refractivity contribution in [3.8, 4) is 11.4 Å². The van der Waals surface area contributed by atoms with Gasteiger partial charge in [-0.1, -0.05) is 0 Å². The van der Waals surface area contributed by atoms with Gasteiger partial charge in [0.05, 0.1) is 31.1 Å². The number of carbonyl (C=O) groups excluding carboxylic acids is 1. The Morgan fingerprint density at radius 3 is 2.67 bits per heavy atom. The number of rotatable bonds is 5. The molecule has 1 N–H and O–H groups in total. The van der Waals surface area contributed by atoms with Crippen molar-refractivity contribution in [2.24, 2.45) is 0 Å². The third-order valence-corrected chi connectivity index (χ3v) is 2.83. The Labute approximate surface area is 133 Å². The Kier molecular flexibility index (Phi) is 5.39. The van der Waals surface area contributed by atoms with Gasteiger partial charge in [0.25, 0.3) is 0 Å². The third-order valence-electron chi connectivity index (χ3n) is 2.83. The highest BCUT2D eigenvalue weighted by molar-refractivity contribution is 5.91. The number of carbonyl (C=O) groups is 1. The lowest BCUT2D eigenvalue weighted by Gasteiger charge is -2.13. The summed E-state index contributed by atoms with van der Waals surface area (Å²) >= 11 is 0. The largest absolute Gasteiger partial charge is 0.435 e. The molecule has 2 heterocycles. The molecule has 0 aromatic carbocycles. The molecule has 128 valence electrons. The first-order chi connectivity index (χ1) is 11.3. The summed E-state index contributed by atoms with van der Waals surface area (Å²) in [5, 5.41) is 2.09. The van der Waals surface area contributed by atoms with Crippen LogP contribution in [0.15, 0.2) is 24.7 Å². The Morgan fingerprint density at radius 2 is 2.04 bits per heavy atom. The first kappa shape index (κ1) is 17.7. The summed E-state index contributed by atoms with van der Waals surface area (Å²) in [6.07, 6.45) is -2.10. The molecule has 2 rings (SSSR count). The van der Waals surface area contributed by atoms with Gasteiger partial charge in [-0.3, -0.25) is 9.78 Å². The van der Waals surface area contributed by atoms with Gasteiger partial charge < -0.3 is 10.1 Å². The van der Waals surface area contributed by atoms with Crippen LogP contribution in [0.3, 0.4) is 0 Å². The van der Waals surface area contributed by atoms with E-state index < -0.39 is 29.3 Å². The monoisotopic (exact) mass is 344 g/mol. The van der Waals surface area contributed by atoms with Crippen LogP contribution < -0.4 is 5.32 Å². The van der Waals surface area contributed by atoms with E-state index in [1.165, 1.54) is 7.11 Å². The Bertz CT molecular complexity index is 737. The van der Waals surface area contributed by atoms with E-state index in [0.717, 1.165) is 24.7 Å². The van der Waals surface area contributed by atoms with Crippen molar-refractivity contribution in [1.82, 2.24) is 15.0 Å². The molecule has 24 heavy (non-hydrogen) atoms. The number of hydrogen-bond donors (Lipinski definition) is 1. The van der Waals surface area contributed by atoms with Crippen LogP contribution in [0.2, 0.25) is 0 Å². The van der Waals surface area contributed by atoms with Gasteiger partial charge in [-0.05, 0) is 6.07 Å². The Hall–Kier alpha value is -2.62. The predicted octanol–water partition coefficient (Wildman–Crippen LogP) is 2.67. The van der Waals surface area contributed by atoms with Crippen LogP contribution in [0.5, 0.6) is 0 Å². The molecule has 0 saturated heterocycles. The van der Waals surface area contributed by atoms with Gasteiger partial charge >= 0.3 is 6.18 Å². The van der Waals surface area contributed by atoms with Crippen LogP contribution in [0.1, 0.15) is 12.1 Å². The van der Waals surface area contributed by atoms with Crippen LogP contribution in [0.4, 0.5) is 23.2 Å². The summed E-state index contributed by atoms with van der Waals surface area (Å²) in [6, 6.07) is 0.958. The third kappa shape index (κ3) is 4.44. The van der Waals surface area contributed by atoms with Crippen molar-refractivity contribution in [3.63, 3.8) is 0 Å². The molecule has 0 aliphatic rings. The average molecular weight is 344 g/mol. The summed E-state index contributed by atoms with van der Waals surface area (Å²) in [7, 11) is 1.36. The number of alkyl halides is 3. The molecule has 0 aliphatic heterocycles. The normalized spacial score (nSPS) is 11.4. The van der Waals surface area contributed by atoms with Gasteiger partial charge in [-0.2, -0.15) is 13.2 Å². The smallest absolute Gasteiger partial charge is 0.384 e. The molecule has 0 bridgehead atoms. The van der Waals surface area contributed by atoms with Gasteiger partial charge in [-0.25, -0.2) is 14.4 Å². The van der Waals surface area contributed by atoms with Gasteiger partial charge in [-0.15, -0.1) is 0 Å². The highest BCUT2D eigenvalue weighted by atomic mass is 19.4. The van der Waals surface area contributed by atoms with E-state index in [-0.39, 0.29) is 24.4 Å². The van der Waals surface area contributed by atoms with Crippen LogP contribution in [0, 0.1) is 5.82 Å². The molecule has 1 amide bonds. The lowest BCUT2D eigenvalue weighted by Crippen LogP contribution is -2.19. The molecule has 0 unspecified atom stereocenters. The maximum atomic E-state index is 13.2. The molecule has 0 atom stereocenters. The number of amides is 1. The maximum absolute atomic E-state index is 13.2. The zero-order valence-corrected chi connectivity index (χ0v) is 12.4. The van der Waals surface area contributed by atoms with E-state index in [0.29, 0.717) is 0 Å². The van der Waals surface area contributed by atoms with Crippen molar-refractivity contribution in [3.05, 3.63) is 36.2 Å². The summed E-state index contributed by atoms with van der Waals surface area (Å²) in [5.41, 5.74) is -1.93. The van der Waals surface area contributed by atoms with E-state index in [2.05, 4.69) is 25.0 Å². The quantitative estimate of drug-likeness (QED) is 0.844. The maximum Gasteiger partial charge on any atom is 0.435 e. The number of halogens is 4. The van der Waals surface area contributed by atoms with Crippen LogP contribution in [-0.2, 0) is 15.7 Å². The fourth-order valence-electron chi connectivity index (χ4n) is 1.77. The number of ether oxygens (including phenoxy) is 1. The van der Waals surface area contributed by atoms with Crippen molar-refractivity contribution in [1.29, 1.82) is 0 Å². The number of nitrogens with zero attached hydrogens (tertiary/aromatic N) is 3. The van der Waals surface area contributed by atoms with Crippen molar-refractivity contribution in [2.45, 2.75) is 12.6 Å². The molecule has 2 aromatic rings. The van der Waals surface area contributed by atoms with Gasteiger partial charge in [0.1, 0.15) is 5.82 Å². The molecule has 0 fully saturated rings. The van der Waals surface area contributed by atoms with E-state index in [9.17, 15) is 22.4 Å². The minimum atomic E-state index is -4.83. The SMILES string of the molecule is COCCC(=O)Nc1cnc(-c2cncc(F)c2)nc1C(F)(F)F. The van der Waals surface area contributed by atoms with Crippen molar-refractivity contribution >= 4 is 11.6 Å². The number of pyridine rings is 1. The number of nitrogens with one attached hydrogen (secondary N) is 1. The van der Waals surface area contributed by atoms with E-state index in [4.69, 9.17) is 0 Å². The summed E-state index contributed by atoms with van der Waals surface area (Å²) < 4.78 is 57.3. The highest BCUT2D eigenvalue weighted by Crippen LogP contribution is 2.34. The summed E-state index contributed by atoms with van der Waals surface area (Å²) in [4.78, 5) is 22.2. The summed E-state index contributed by atoms with van der Waals surface area (Å²) in [5.74, 6) is -1.77. The zero-order valence-electron chi connectivity index (χ0n) is 12.4. The minimum absolute atomic E-state index is 0.0160. The first-order valence-corrected chi connectivity index (χ1v) is 6.65. The number of anilines is 1. The fourth-order valence-corrected chi connectivity index (χ4v) is 1.77. The number of methoxy groups -OCH3 is 1. The van der Waals surface area contributed by atoms with Crippen LogP contribution in [-0.4, -0.2) is 34.6 Å². The van der Waals surface area contributed by atoms with Crippen molar-refractivity contribution < 1.29 is 27.1 Å². The second-order valence-electron chi connectivity index (χ2n) is 4.64. The molecular weight excluding hydrogens is 332 g/mol. The predicted molar refractivity (Wildman–Crippen MR) is 75.3 cm³/mol. The van der Waals surface area contributed by atoms with E-state index in [1.54, 1.807) is 0 Å². The Balaban J connectivity index is 2.37. The lowest BCUT2D eigenvalue weighted by molar-refractivity contribution is -0.140. The molecule has 6 nitrogen and oxygen atoms in total. The number of hydrogen-bond acceptors (Lipinski definition) is 5. The summed E-state index contributed by atoms with van der Waals surface area (Å²) in [6.45, 7) is 0.0566. The van der Waals surface area contributed by atoms with Crippen LogP contribution in [0.25, 0.3) is 11.4 Å². The Morgan fingerprint density at radius 1 is 1.29 bits per heavy atom. The molecule has 0 spiro atoms. The molecule has 0 aliphatic carbocycles. The van der Waals surface area contributed by atoms with Crippen molar-refractivity contribution in [2.75, 3.05) is 19.0 Å². The molecule has 10 heteroatoms. The number of aromatic nitrogens is 3. The molecular formula is C14H12F4N4O2. The van der Waals surface area contributed by atoms with E-state index >= 15 is 0 Å². The molecule has 2 aromatic heterocycles. The topological polar surface area (TPSA) is 77.0 Å². The first-order valence-electron chi connectivity index (χ1n) is 6.65. The second-order valence-corrected chi connectivity index (χ2v) is 4.64. The van der Waals surface area contributed by atoms with E-state index in [1.807, 2.05) is 0 Å². The zero-order chi connectivity index (χ0) is 17.7. The average Bonchev–Trinajstić information content (AvgIpc) is 2.52. The second kappa shape index (κ2) is 7.30. The molecule has 0 radical (unpaired) electrons. The standard InChI is InChI=1S/C14H12F4N4O2/c1-24-3-2-11(23)21-10-7-20-13(22-12(10)14(16,17)18)8-4-9(15)6-19-5-8/h4-7H,2-3H2,1H3,(H,21,23). The fraction of sp³-hybridized carbons (Fsp3) is 0.286. The van der Waals surface area contributed by atoms with Gasteiger partial charge in [0.2, 0.25) is 5.91 Å². The minimum Gasteiger partial charge on any atom is -0.384 e. The highest BCUT2D eigenvalue weighted by Gasteiger charge is 2.37. The van der Waals surface area contributed by atoms with Crippen LogP contribution >= 0.6 is 0 Å². The van der Waals surface area contributed by atoms with Gasteiger partial charge in [0.15, 0.2) is 11.5 Å².